The molecule has 3 aliphatic rings. The Balaban J connectivity index is 1.53. The zero-order valence-corrected chi connectivity index (χ0v) is 24.9. The standard InChI is InChI=1S/C30H42N8O3/c1-21-17-32-12-8-25(21)36-14-9-23-24(18-36)33-27(41-19-22-7-6-13-35(22)5)34-26(23)37-15-16-38(28(39)40)30(20-37,10-11-31)29(2,3)4/h8,12,17,22H,6-7,9-10,13-16,18-20H2,1-5H3,(H,39,40)/t22-,30+/m0/s1. The maximum atomic E-state index is 12.4. The molecule has 0 radical (unpaired) electrons. The molecule has 5 heterocycles. The molecule has 0 spiro atoms. The summed E-state index contributed by atoms with van der Waals surface area (Å²) in [7, 11) is 2.12. The van der Waals surface area contributed by atoms with Crippen molar-refractivity contribution in [2.24, 2.45) is 5.41 Å². The number of amides is 1. The van der Waals surface area contributed by atoms with Crippen molar-refractivity contribution < 1.29 is 14.6 Å². The Labute approximate surface area is 242 Å². The van der Waals surface area contributed by atoms with Gasteiger partial charge in [-0.1, -0.05) is 20.8 Å². The second-order valence-corrected chi connectivity index (χ2v) is 12.6. The van der Waals surface area contributed by atoms with Crippen molar-refractivity contribution in [2.45, 2.75) is 71.5 Å². The fraction of sp³-hybridized carbons (Fsp3) is 0.633. The van der Waals surface area contributed by atoms with Gasteiger partial charge < -0.3 is 24.5 Å². The topological polar surface area (TPSA) is 122 Å². The molecule has 11 heteroatoms. The highest BCUT2D eigenvalue weighted by molar-refractivity contribution is 5.68. The summed E-state index contributed by atoms with van der Waals surface area (Å²) in [6.07, 6.45) is 5.79. The number of fused-ring (bicyclic) bond motifs is 1. The highest BCUT2D eigenvalue weighted by Gasteiger charge is 2.52. The smallest absolute Gasteiger partial charge is 0.407 e. The number of likely N-dealkylation sites (tertiary alicyclic amines) is 1. The molecule has 5 rings (SSSR count). The van der Waals surface area contributed by atoms with E-state index in [4.69, 9.17) is 14.7 Å². The van der Waals surface area contributed by atoms with Crippen LogP contribution in [-0.2, 0) is 13.0 Å². The SMILES string of the molecule is Cc1cnccc1N1CCc2c(nc(OC[C@@H]3CCCN3C)nc2N2CCN(C(=O)O)[C@@](CC#N)(C(C)(C)C)C2)C1. The first kappa shape index (κ1) is 28.9. The summed E-state index contributed by atoms with van der Waals surface area (Å²) in [5, 5.41) is 20.0. The van der Waals surface area contributed by atoms with Crippen molar-refractivity contribution in [3.63, 3.8) is 0 Å². The van der Waals surface area contributed by atoms with E-state index in [1.54, 1.807) is 0 Å². The third kappa shape index (κ3) is 5.49. The van der Waals surface area contributed by atoms with Crippen LogP contribution in [0.25, 0.3) is 0 Å². The lowest BCUT2D eigenvalue weighted by molar-refractivity contribution is -0.00290. The van der Waals surface area contributed by atoms with E-state index >= 15 is 0 Å². The zero-order valence-electron chi connectivity index (χ0n) is 24.9. The number of aryl methyl sites for hydroxylation is 1. The van der Waals surface area contributed by atoms with Gasteiger partial charge in [0.25, 0.3) is 0 Å². The van der Waals surface area contributed by atoms with Crippen LogP contribution in [0.1, 0.15) is 56.9 Å². The summed E-state index contributed by atoms with van der Waals surface area (Å²) < 4.78 is 6.27. The summed E-state index contributed by atoms with van der Waals surface area (Å²) >= 11 is 0. The predicted octanol–water partition coefficient (Wildman–Crippen LogP) is 3.71. The number of aromatic nitrogens is 3. The lowest BCUT2D eigenvalue weighted by Gasteiger charge is -2.55. The fourth-order valence-electron chi connectivity index (χ4n) is 6.67. The largest absolute Gasteiger partial charge is 0.465 e. The van der Waals surface area contributed by atoms with Crippen molar-refractivity contribution in [1.29, 1.82) is 5.26 Å². The molecule has 0 aliphatic carbocycles. The Morgan fingerprint density at radius 3 is 2.68 bits per heavy atom. The van der Waals surface area contributed by atoms with Crippen LogP contribution in [0.4, 0.5) is 16.3 Å². The lowest BCUT2D eigenvalue weighted by atomic mass is 9.69. The van der Waals surface area contributed by atoms with Crippen LogP contribution in [0.5, 0.6) is 6.01 Å². The van der Waals surface area contributed by atoms with Crippen LogP contribution < -0.4 is 14.5 Å². The number of likely N-dealkylation sites (N-methyl/N-ethyl adjacent to an activating group) is 1. The van der Waals surface area contributed by atoms with Crippen LogP contribution in [0, 0.1) is 23.7 Å². The van der Waals surface area contributed by atoms with Gasteiger partial charge in [0, 0.05) is 55.9 Å². The van der Waals surface area contributed by atoms with Crippen LogP contribution in [0.3, 0.4) is 0 Å². The second kappa shape index (κ2) is 11.3. The third-order valence-electron chi connectivity index (χ3n) is 9.29. The van der Waals surface area contributed by atoms with Gasteiger partial charge in [0.15, 0.2) is 0 Å². The van der Waals surface area contributed by atoms with E-state index < -0.39 is 17.0 Å². The van der Waals surface area contributed by atoms with E-state index in [1.165, 1.54) is 4.90 Å². The number of anilines is 2. The molecule has 3 aliphatic heterocycles. The molecule has 2 fully saturated rings. The van der Waals surface area contributed by atoms with Crippen molar-refractivity contribution >= 4 is 17.6 Å². The van der Waals surface area contributed by atoms with E-state index in [0.29, 0.717) is 44.8 Å². The number of hydrogen-bond donors (Lipinski definition) is 1. The molecule has 0 aromatic carbocycles. The molecule has 0 unspecified atom stereocenters. The number of piperazine rings is 1. The molecule has 1 amide bonds. The molecule has 220 valence electrons. The molecular formula is C30H42N8O3. The van der Waals surface area contributed by atoms with E-state index in [-0.39, 0.29) is 6.42 Å². The minimum atomic E-state index is -0.993. The molecule has 1 N–H and O–H groups in total. The molecule has 0 bridgehead atoms. The molecule has 41 heavy (non-hydrogen) atoms. The summed E-state index contributed by atoms with van der Waals surface area (Å²) in [5.74, 6) is 0.799. The Bertz CT molecular complexity index is 1320. The van der Waals surface area contributed by atoms with Gasteiger partial charge in [-0.3, -0.25) is 9.88 Å². The first-order valence-corrected chi connectivity index (χ1v) is 14.5. The minimum absolute atomic E-state index is 0.0963. The Hall–Kier alpha value is -3.65. The fourth-order valence-corrected chi connectivity index (χ4v) is 6.67. The minimum Gasteiger partial charge on any atom is -0.465 e. The summed E-state index contributed by atoms with van der Waals surface area (Å²) in [5.41, 5.74) is 2.87. The Morgan fingerprint density at radius 1 is 1.22 bits per heavy atom. The summed E-state index contributed by atoms with van der Waals surface area (Å²) in [6.45, 7) is 12.3. The van der Waals surface area contributed by atoms with Gasteiger partial charge in [0.1, 0.15) is 12.4 Å². The van der Waals surface area contributed by atoms with E-state index in [9.17, 15) is 15.2 Å². The monoisotopic (exact) mass is 562 g/mol. The van der Waals surface area contributed by atoms with Gasteiger partial charge in [-0.05, 0) is 56.8 Å². The van der Waals surface area contributed by atoms with E-state index in [2.05, 4.69) is 39.7 Å². The van der Waals surface area contributed by atoms with E-state index in [0.717, 1.165) is 60.7 Å². The van der Waals surface area contributed by atoms with Gasteiger partial charge in [-0.25, -0.2) is 4.79 Å². The average molecular weight is 563 g/mol. The number of nitrogens with zero attached hydrogens (tertiary/aromatic N) is 8. The van der Waals surface area contributed by atoms with Crippen molar-refractivity contribution in [3.05, 3.63) is 35.3 Å². The van der Waals surface area contributed by atoms with Gasteiger partial charge in [-0.2, -0.15) is 15.2 Å². The number of ether oxygens (including phenoxy) is 1. The molecule has 0 saturated carbocycles. The number of carbonyl (C=O) groups is 1. The van der Waals surface area contributed by atoms with Gasteiger partial charge in [0.05, 0.1) is 30.3 Å². The Kier molecular flexibility index (Phi) is 7.97. The number of carboxylic acid groups (broad SMARTS) is 1. The van der Waals surface area contributed by atoms with Gasteiger partial charge in [0.2, 0.25) is 0 Å². The number of hydrogen-bond acceptors (Lipinski definition) is 9. The third-order valence-corrected chi connectivity index (χ3v) is 9.29. The van der Waals surface area contributed by atoms with Crippen LogP contribution in [0.15, 0.2) is 18.5 Å². The van der Waals surface area contributed by atoms with Crippen molar-refractivity contribution in [2.75, 3.05) is 56.2 Å². The summed E-state index contributed by atoms with van der Waals surface area (Å²) in [4.78, 5) is 34.9. The quantitative estimate of drug-likeness (QED) is 0.557. The Morgan fingerprint density at radius 2 is 2.02 bits per heavy atom. The molecule has 2 aromatic heterocycles. The number of pyridine rings is 1. The van der Waals surface area contributed by atoms with Crippen LogP contribution in [-0.4, -0.2) is 93.9 Å². The van der Waals surface area contributed by atoms with Crippen molar-refractivity contribution in [3.8, 4) is 12.1 Å². The van der Waals surface area contributed by atoms with Crippen molar-refractivity contribution in [1.82, 2.24) is 24.8 Å². The molecule has 2 atom stereocenters. The van der Waals surface area contributed by atoms with E-state index in [1.807, 2.05) is 39.2 Å². The van der Waals surface area contributed by atoms with Gasteiger partial charge in [-0.15, -0.1) is 0 Å². The maximum absolute atomic E-state index is 12.4. The highest BCUT2D eigenvalue weighted by Crippen LogP contribution is 2.43. The zero-order chi connectivity index (χ0) is 29.4. The molecule has 2 aromatic rings. The average Bonchev–Trinajstić information content (AvgIpc) is 3.35. The predicted molar refractivity (Wildman–Crippen MR) is 156 cm³/mol. The molecule has 2 saturated heterocycles. The first-order chi connectivity index (χ1) is 19.5. The second-order valence-electron chi connectivity index (χ2n) is 12.6. The molecular weight excluding hydrogens is 520 g/mol. The maximum Gasteiger partial charge on any atom is 0.407 e. The van der Waals surface area contributed by atoms with Crippen LogP contribution in [0.2, 0.25) is 0 Å². The van der Waals surface area contributed by atoms with Gasteiger partial charge >= 0.3 is 12.1 Å². The number of rotatable bonds is 6. The first-order valence-electron chi connectivity index (χ1n) is 14.5. The molecule has 11 nitrogen and oxygen atoms in total. The lowest BCUT2D eigenvalue weighted by Crippen LogP contribution is -2.69. The number of nitriles is 1. The van der Waals surface area contributed by atoms with Crippen LogP contribution >= 0.6 is 0 Å². The summed E-state index contributed by atoms with van der Waals surface area (Å²) in [6, 6.07) is 5.02. The highest BCUT2D eigenvalue weighted by atomic mass is 16.5. The normalized spacial score (nSPS) is 23.3.